The van der Waals surface area contributed by atoms with E-state index in [2.05, 4.69) is 5.32 Å². The van der Waals surface area contributed by atoms with E-state index in [1.165, 1.54) is 42.5 Å². The Bertz CT molecular complexity index is 1180. The number of halogens is 1. The van der Waals surface area contributed by atoms with Gasteiger partial charge in [-0.05, 0) is 37.3 Å². The Labute approximate surface area is 185 Å². The normalized spacial score (nSPS) is 10.4. The second-order valence-corrected chi connectivity index (χ2v) is 6.66. The number of amides is 1. The molecule has 0 radical (unpaired) electrons. The van der Waals surface area contributed by atoms with E-state index in [0.717, 1.165) is 6.07 Å². The van der Waals surface area contributed by atoms with Gasteiger partial charge in [0, 0.05) is 12.1 Å². The van der Waals surface area contributed by atoms with E-state index in [0.29, 0.717) is 12.4 Å². The van der Waals surface area contributed by atoms with Crippen molar-refractivity contribution >= 4 is 34.6 Å². The van der Waals surface area contributed by atoms with Gasteiger partial charge in [0.25, 0.3) is 17.3 Å². The number of nitrogens with one attached hydrogen (secondary N) is 1. The second kappa shape index (κ2) is 9.79. The Kier molecular flexibility index (Phi) is 6.90. The summed E-state index contributed by atoms with van der Waals surface area (Å²) >= 11 is 5.97. The van der Waals surface area contributed by atoms with Gasteiger partial charge >= 0.3 is 0 Å². The lowest BCUT2D eigenvalue weighted by molar-refractivity contribution is -0.384. The molecule has 1 amide bonds. The van der Waals surface area contributed by atoms with E-state index in [1.54, 1.807) is 6.92 Å². The number of furan rings is 1. The molecular formula is C20H16ClN3O8. The van der Waals surface area contributed by atoms with E-state index in [-0.39, 0.29) is 46.0 Å². The fraction of sp³-hybridized carbons (Fsp3) is 0.150. The molecule has 3 rings (SSSR count). The molecule has 32 heavy (non-hydrogen) atoms. The largest absolute Gasteiger partial charge is 0.494 e. The Morgan fingerprint density at radius 2 is 1.84 bits per heavy atom. The fourth-order valence-corrected chi connectivity index (χ4v) is 2.88. The van der Waals surface area contributed by atoms with Crippen molar-refractivity contribution in [1.29, 1.82) is 0 Å². The highest BCUT2D eigenvalue weighted by atomic mass is 35.5. The standard InChI is InChI=1S/C20H16ClN3O8/c1-2-30-13-4-6-16(17(10-13)24(28)29)22-20(25)19-8-5-14(32-19)11-31-18-7-3-12(23(26)27)9-15(18)21/h3-10H,2,11H2,1H3,(H,22,25). The summed E-state index contributed by atoms with van der Waals surface area (Å²) in [4.78, 5) is 33.3. The Morgan fingerprint density at radius 1 is 1.06 bits per heavy atom. The van der Waals surface area contributed by atoms with Gasteiger partial charge in [-0.25, -0.2) is 0 Å². The van der Waals surface area contributed by atoms with Crippen LogP contribution in [0.25, 0.3) is 0 Å². The van der Waals surface area contributed by atoms with Crippen molar-refractivity contribution in [1.82, 2.24) is 0 Å². The minimum Gasteiger partial charge on any atom is -0.494 e. The van der Waals surface area contributed by atoms with Crippen LogP contribution < -0.4 is 14.8 Å². The molecule has 166 valence electrons. The van der Waals surface area contributed by atoms with Crippen LogP contribution in [-0.4, -0.2) is 22.4 Å². The van der Waals surface area contributed by atoms with E-state index in [9.17, 15) is 25.0 Å². The zero-order valence-corrected chi connectivity index (χ0v) is 17.3. The highest BCUT2D eigenvalue weighted by Gasteiger charge is 2.20. The van der Waals surface area contributed by atoms with Crippen LogP contribution in [0.3, 0.4) is 0 Å². The first-order chi connectivity index (χ1) is 15.3. The summed E-state index contributed by atoms with van der Waals surface area (Å²) in [5.74, 6) is -0.0200. The predicted molar refractivity (Wildman–Crippen MR) is 113 cm³/mol. The molecule has 0 bridgehead atoms. The minimum atomic E-state index is -0.697. The van der Waals surface area contributed by atoms with Gasteiger partial charge in [-0.2, -0.15) is 0 Å². The summed E-state index contributed by atoms with van der Waals surface area (Å²) in [6.07, 6.45) is 0. The van der Waals surface area contributed by atoms with Crippen molar-refractivity contribution in [3.63, 3.8) is 0 Å². The molecule has 0 aliphatic carbocycles. The number of benzene rings is 2. The average Bonchev–Trinajstić information content (AvgIpc) is 3.23. The third-order valence-electron chi connectivity index (χ3n) is 4.11. The monoisotopic (exact) mass is 461 g/mol. The van der Waals surface area contributed by atoms with Crippen LogP contribution in [-0.2, 0) is 6.61 Å². The molecule has 0 aliphatic rings. The molecule has 0 fully saturated rings. The molecule has 12 heteroatoms. The van der Waals surface area contributed by atoms with Crippen LogP contribution >= 0.6 is 11.6 Å². The topological polar surface area (TPSA) is 147 Å². The van der Waals surface area contributed by atoms with Gasteiger partial charge in [0.05, 0.1) is 27.5 Å². The Morgan fingerprint density at radius 3 is 2.50 bits per heavy atom. The third-order valence-corrected chi connectivity index (χ3v) is 4.40. The quantitative estimate of drug-likeness (QED) is 0.346. The van der Waals surface area contributed by atoms with Crippen molar-refractivity contribution in [3.05, 3.63) is 85.3 Å². The van der Waals surface area contributed by atoms with Crippen molar-refractivity contribution in [2.75, 3.05) is 11.9 Å². The third kappa shape index (κ3) is 5.32. The summed E-state index contributed by atoms with van der Waals surface area (Å²) in [5.41, 5.74) is -0.523. The predicted octanol–water partition coefficient (Wildman–Crippen LogP) is 4.98. The van der Waals surface area contributed by atoms with Crippen LogP contribution in [0.1, 0.15) is 23.2 Å². The first-order valence-corrected chi connectivity index (χ1v) is 9.54. The van der Waals surface area contributed by atoms with E-state index < -0.39 is 15.8 Å². The highest BCUT2D eigenvalue weighted by molar-refractivity contribution is 6.32. The maximum atomic E-state index is 12.5. The minimum absolute atomic E-state index is 0.0182. The molecule has 0 unspecified atom stereocenters. The van der Waals surface area contributed by atoms with Gasteiger partial charge in [-0.1, -0.05) is 11.6 Å². The van der Waals surface area contributed by atoms with Crippen LogP contribution in [0.2, 0.25) is 5.02 Å². The number of nitro groups is 2. The van der Waals surface area contributed by atoms with Crippen LogP contribution in [0.5, 0.6) is 11.5 Å². The number of nitrogens with zero attached hydrogens (tertiary/aromatic N) is 2. The molecule has 0 aliphatic heterocycles. The van der Waals surface area contributed by atoms with Crippen molar-refractivity contribution in [3.8, 4) is 11.5 Å². The lowest BCUT2D eigenvalue weighted by atomic mass is 10.2. The molecule has 2 aromatic carbocycles. The number of anilines is 1. The second-order valence-electron chi connectivity index (χ2n) is 6.25. The number of hydrogen-bond acceptors (Lipinski definition) is 8. The van der Waals surface area contributed by atoms with Crippen LogP contribution in [0.4, 0.5) is 17.1 Å². The summed E-state index contributed by atoms with van der Waals surface area (Å²) < 4.78 is 16.1. The van der Waals surface area contributed by atoms with Crippen molar-refractivity contribution < 1.29 is 28.5 Å². The molecule has 3 aromatic rings. The number of carbonyl (C=O) groups excluding carboxylic acids is 1. The highest BCUT2D eigenvalue weighted by Crippen LogP contribution is 2.31. The van der Waals surface area contributed by atoms with E-state index in [1.807, 2.05) is 0 Å². The zero-order chi connectivity index (χ0) is 23.3. The molecule has 1 heterocycles. The first kappa shape index (κ1) is 22.6. The van der Waals surface area contributed by atoms with Crippen LogP contribution in [0.15, 0.2) is 52.9 Å². The number of hydrogen-bond donors (Lipinski definition) is 1. The average molecular weight is 462 g/mol. The Balaban J connectivity index is 1.67. The smallest absolute Gasteiger partial charge is 0.296 e. The summed E-state index contributed by atoms with van der Waals surface area (Å²) in [7, 11) is 0. The van der Waals surface area contributed by atoms with Gasteiger partial charge < -0.3 is 19.2 Å². The summed E-state index contributed by atoms with van der Waals surface area (Å²) in [6, 6.07) is 10.7. The summed E-state index contributed by atoms with van der Waals surface area (Å²) in [6.45, 7) is 1.98. The maximum absolute atomic E-state index is 12.5. The van der Waals surface area contributed by atoms with Gasteiger partial charge in [0.2, 0.25) is 0 Å². The van der Waals surface area contributed by atoms with Crippen LogP contribution in [0, 0.1) is 20.2 Å². The number of carbonyl (C=O) groups is 1. The SMILES string of the molecule is CCOc1ccc(NC(=O)c2ccc(COc3ccc([N+](=O)[O-])cc3Cl)o2)c([N+](=O)[O-])c1. The molecule has 0 saturated heterocycles. The van der Waals surface area contributed by atoms with Crippen molar-refractivity contribution in [2.45, 2.75) is 13.5 Å². The number of ether oxygens (including phenoxy) is 2. The molecule has 1 N–H and O–H groups in total. The van der Waals surface area contributed by atoms with Gasteiger partial charge in [0.1, 0.15) is 29.6 Å². The molecule has 0 saturated carbocycles. The van der Waals surface area contributed by atoms with Gasteiger partial charge in [-0.15, -0.1) is 0 Å². The van der Waals surface area contributed by atoms with Crippen molar-refractivity contribution in [2.24, 2.45) is 0 Å². The molecule has 0 spiro atoms. The number of non-ortho nitro benzene ring substituents is 1. The lowest BCUT2D eigenvalue weighted by Gasteiger charge is -2.08. The lowest BCUT2D eigenvalue weighted by Crippen LogP contribution is -2.12. The Hall–Kier alpha value is -4.12. The first-order valence-electron chi connectivity index (χ1n) is 9.16. The zero-order valence-electron chi connectivity index (χ0n) is 16.6. The fourth-order valence-electron chi connectivity index (χ4n) is 2.66. The number of nitro benzene ring substituents is 2. The molecule has 1 aromatic heterocycles. The van der Waals surface area contributed by atoms with Gasteiger partial charge in [0.15, 0.2) is 5.76 Å². The molecular weight excluding hydrogens is 446 g/mol. The number of rotatable bonds is 9. The molecule has 0 atom stereocenters. The van der Waals surface area contributed by atoms with E-state index >= 15 is 0 Å². The molecule has 11 nitrogen and oxygen atoms in total. The summed E-state index contributed by atoms with van der Waals surface area (Å²) in [5, 5.41) is 24.6. The van der Waals surface area contributed by atoms with E-state index in [4.69, 9.17) is 25.5 Å². The maximum Gasteiger partial charge on any atom is 0.296 e. The van der Waals surface area contributed by atoms with Gasteiger partial charge in [-0.3, -0.25) is 25.0 Å².